The van der Waals surface area contributed by atoms with Gasteiger partial charge < -0.3 is 4.90 Å². The Hall–Kier alpha value is -2.16. The Morgan fingerprint density at radius 3 is 3.00 bits per heavy atom. The van der Waals surface area contributed by atoms with Crippen LogP contribution in [0.1, 0.15) is 12.0 Å². The molecular formula is C17H18N2O. The van der Waals surface area contributed by atoms with Gasteiger partial charge in [-0.1, -0.05) is 30.3 Å². The highest BCUT2D eigenvalue weighted by atomic mass is 16.2. The summed E-state index contributed by atoms with van der Waals surface area (Å²) >= 11 is 0. The molecule has 1 amide bonds. The monoisotopic (exact) mass is 266 g/mol. The summed E-state index contributed by atoms with van der Waals surface area (Å²) in [5.74, 6) is 0.552. The summed E-state index contributed by atoms with van der Waals surface area (Å²) in [4.78, 5) is 18.1. The van der Waals surface area contributed by atoms with Crippen LogP contribution in [0.4, 0.5) is 0 Å². The fraction of sp³-hybridized carbons (Fsp3) is 0.294. The number of hydrogen-bond acceptors (Lipinski definition) is 2. The zero-order valence-corrected chi connectivity index (χ0v) is 11.5. The van der Waals surface area contributed by atoms with E-state index in [4.69, 9.17) is 0 Å². The van der Waals surface area contributed by atoms with Crippen LogP contribution in [0.2, 0.25) is 0 Å². The first-order valence-electron chi connectivity index (χ1n) is 7.00. The van der Waals surface area contributed by atoms with Crippen LogP contribution in [0.25, 0.3) is 10.8 Å². The van der Waals surface area contributed by atoms with Crippen molar-refractivity contribution in [3.05, 3.63) is 54.9 Å². The van der Waals surface area contributed by atoms with E-state index in [-0.39, 0.29) is 5.91 Å². The summed E-state index contributed by atoms with van der Waals surface area (Å²) in [5, 5.41) is 2.39. The number of fused-ring (bicyclic) bond motifs is 1. The topological polar surface area (TPSA) is 33.2 Å². The van der Waals surface area contributed by atoms with Crippen LogP contribution in [0.15, 0.2) is 49.3 Å². The Morgan fingerprint density at radius 1 is 1.35 bits per heavy atom. The Kier molecular flexibility index (Phi) is 3.50. The SMILES string of the molecule is C=CC1CC(=O)N(CCc2cncc3ccccc23)C1. The maximum atomic E-state index is 11.9. The lowest BCUT2D eigenvalue weighted by molar-refractivity contribution is -0.127. The molecule has 20 heavy (non-hydrogen) atoms. The maximum Gasteiger partial charge on any atom is 0.223 e. The van der Waals surface area contributed by atoms with E-state index in [1.54, 1.807) is 0 Å². The molecule has 2 aromatic rings. The molecule has 0 radical (unpaired) electrons. The fourth-order valence-electron chi connectivity index (χ4n) is 2.81. The minimum Gasteiger partial charge on any atom is -0.342 e. The molecule has 1 atom stereocenters. The van der Waals surface area contributed by atoms with Gasteiger partial charge >= 0.3 is 0 Å². The van der Waals surface area contributed by atoms with Gasteiger partial charge in [0.15, 0.2) is 0 Å². The van der Waals surface area contributed by atoms with Gasteiger partial charge in [-0.2, -0.15) is 0 Å². The molecule has 102 valence electrons. The summed E-state index contributed by atoms with van der Waals surface area (Å²) in [6, 6.07) is 8.25. The number of carbonyl (C=O) groups excluding carboxylic acids is 1. The van der Waals surface area contributed by atoms with Crippen molar-refractivity contribution in [2.24, 2.45) is 5.92 Å². The highest BCUT2D eigenvalue weighted by Gasteiger charge is 2.26. The van der Waals surface area contributed by atoms with Crippen LogP contribution in [-0.2, 0) is 11.2 Å². The van der Waals surface area contributed by atoms with Gasteiger partial charge in [-0.15, -0.1) is 6.58 Å². The number of carbonyl (C=O) groups is 1. The lowest BCUT2D eigenvalue weighted by Gasteiger charge is -2.16. The molecular weight excluding hydrogens is 248 g/mol. The van der Waals surface area contributed by atoms with Crippen molar-refractivity contribution in [2.45, 2.75) is 12.8 Å². The first-order chi connectivity index (χ1) is 9.78. The van der Waals surface area contributed by atoms with Gasteiger partial charge in [0.25, 0.3) is 0 Å². The number of rotatable bonds is 4. The highest BCUT2D eigenvalue weighted by molar-refractivity contribution is 5.84. The van der Waals surface area contributed by atoms with Crippen molar-refractivity contribution in [3.63, 3.8) is 0 Å². The molecule has 0 spiro atoms. The minimum atomic E-state index is 0.239. The molecule has 3 nitrogen and oxygen atoms in total. The van der Waals surface area contributed by atoms with Gasteiger partial charge in [0.2, 0.25) is 5.91 Å². The molecule has 1 aromatic carbocycles. The fourth-order valence-corrected chi connectivity index (χ4v) is 2.81. The molecule has 1 aliphatic rings. The van der Waals surface area contributed by atoms with E-state index < -0.39 is 0 Å². The van der Waals surface area contributed by atoms with Crippen LogP contribution < -0.4 is 0 Å². The molecule has 1 aromatic heterocycles. The minimum absolute atomic E-state index is 0.239. The lowest BCUT2D eigenvalue weighted by Crippen LogP contribution is -2.27. The highest BCUT2D eigenvalue weighted by Crippen LogP contribution is 2.21. The van der Waals surface area contributed by atoms with E-state index in [1.165, 1.54) is 10.9 Å². The Morgan fingerprint density at radius 2 is 2.20 bits per heavy atom. The number of benzene rings is 1. The average molecular weight is 266 g/mol. The van der Waals surface area contributed by atoms with E-state index in [1.807, 2.05) is 35.5 Å². The second-order valence-corrected chi connectivity index (χ2v) is 5.31. The third-order valence-electron chi connectivity index (χ3n) is 3.98. The molecule has 0 N–H and O–H groups in total. The third kappa shape index (κ3) is 2.44. The van der Waals surface area contributed by atoms with E-state index in [9.17, 15) is 4.79 Å². The summed E-state index contributed by atoms with van der Waals surface area (Å²) in [6.07, 6.45) is 7.14. The van der Waals surface area contributed by atoms with Crippen molar-refractivity contribution < 1.29 is 4.79 Å². The number of hydrogen-bond donors (Lipinski definition) is 0. The van der Waals surface area contributed by atoms with Crippen LogP contribution in [0.3, 0.4) is 0 Å². The summed E-state index contributed by atoms with van der Waals surface area (Å²) in [5.41, 5.74) is 1.21. The first-order valence-corrected chi connectivity index (χ1v) is 7.00. The molecule has 3 heteroatoms. The van der Waals surface area contributed by atoms with Crippen LogP contribution in [0, 0.1) is 5.92 Å². The van der Waals surface area contributed by atoms with Crippen molar-refractivity contribution >= 4 is 16.7 Å². The van der Waals surface area contributed by atoms with E-state index in [2.05, 4.69) is 23.7 Å². The smallest absolute Gasteiger partial charge is 0.223 e. The second-order valence-electron chi connectivity index (χ2n) is 5.31. The molecule has 0 saturated carbocycles. The average Bonchev–Trinajstić information content (AvgIpc) is 2.85. The van der Waals surface area contributed by atoms with E-state index in [0.29, 0.717) is 12.3 Å². The predicted molar refractivity (Wildman–Crippen MR) is 80.3 cm³/mol. The van der Waals surface area contributed by atoms with Gasteiger partial charge in [-0.25, -0.2) is 0 Å². The van der Waals surface area contributed by atoms with Crippen molar-refractivity contribution in [3.8, 4) is 0 Å². The number of likely N-dealkylation sites (tertiary alicyclic amines) is 1. The molecule has 3 rings (SSSR count). The molecule has 0 bridgehead atoms. The normalized spacial score (nSPS) is 18.7. The quantitative estimate of drug-likeness (QED) is 0.797. The zero-order valence-electron chi connectivity index (χ0n) is 11.5. The standard InChI is InChI=1S/C17H18N2O/c1-2-13-9-17(20)19(12-13)8-7-15-11-18-10-14-5-3-4-6-16(14)15/h2-6,10-11,13H,1,7-9,12H2. The predicted octanol–water partition coefficient (Wildman–Crippen LogP) is 2.81. The molecule has 1 unspecified atom stereocenters. The molecule has 1 fully saturated rings. The van der Waals surface area contributed by atoms with Crippen LogP contribution >= 0.6 is 0 Å². The van der Waals surface area contributed by atoms with Gasteiger partial charge in [-0.3, -0.25) is 9.78 Å². The Labute approximate surface area is 118 Å². The first kappa shape index (κ1) is 12.9. The van der Waals surface area contributed by atoms with Crippen molar-refractivity contribution in [1.29, 1.82) is 0 Å². The maximum absolute atomic E-state index is 11.9. The number of aromatic nitrogens is 1. The number of pyridine rings is 1. The van der Waals surface area contributed by atoms with Gasteiger partial charge in [0.05, 0.1) is 0 Å². The Balaban J connectivity index is 1.74. The van der Waals surface area contributed by atoms with Crippen molar-refractivity contribution in [2.75, 3.05) is 13.1 Å². The van der Waals surface area contributed by atoms with E-state index >= 15 is 0 Å². The Bertz CT molecular complexity index is 645. The van der Waals surface area contributed by atoms with Gasteiger partial charge in [0, 0.05) is 43.2 Å². The summed E-state index contributed by atoms with van der Waals surface area (Å²) in [7, 11) is 0. The van der Waals surface area contributed by atoms with Crippen molar-refractivity contribution in [1.82, 2.24) is 9.88 Å². The molecule has 2 heterocycles. The number of amides is 1. The van der Waals surface area contributed by atoms with Crippen LogP contribution in [-0.4, -0.2) is 28.9 Å². The molecule has 0 aliphatic carbocycles. The van der Waals surface area contributed by atoms with Gasteiger partial charge in [-0.05, 0) is 17.4 Å². The van der Waals surface area contributed by atoms with Gasteiger partial charge in [0.1, 0.15) is 0 Å². The lowest BCUT2D eigenvalue weighted by atomic mass is 10.1. The molecule has 1 aliphatic heterocycles. The van der Waals surface area contributed by atoms with E-state index in [0.717, 1.165) is 24.9 Å². The summed E-state index contributed by atoms with van der Waals surface area (Å²) in [6.45, 7) is 5.35. The second kappa shape index (κ2) is 5.45. The van der Waals surface area contributed by atoms with Crippen LogP contribution in [0.5, 0.6) is 0 Å². The number of nitrogens with zero attached hydrogens (tertiary/aromatic N) is 2. The third-order valence-corrected chi connectivity index (χ3v) is 3.98. The molecule has 1 saturated heterocycles. The largest absolute Gasteiger partial charge is 0.342 e. The zero-order chi connectivity index (χ0) is 13.9. The summed E-state index contributed by atoms with van der Waals surface area (Å²) < 4.78 is 0.